The van der Waals surface area contributed by atoms with Crippen LogP contribution in [0.3, 0.4) is 0 Å². The van der Waals surface area contributed by atoms with Gasteiger partial charge < -0.3 is 5.32 Å². The first-order chi connectivity index (χ1) is 8.63. The number of nitrogens with zero attached hydrogens (tertiary/aromatic N) is 4. The Morgan fingerprint density at radius 1 is 1.44 bits per heavy atom. The standard InChI is InChI=1S/C12H16ClN5/c1-4-14-9(3)12-15-16-17-18(12)11-7-8(2)5-6-10(11)13/h5-7,9,14H,4H2,1-3H3. The monoisotopic (exact) mass is 265 g/mol. The van der Waals surface area contributed by atoms with Gasteiger partial charge in [-0.1, -0.05) is 24.6 Å². The van der Waals surface area contributed by atoms with E-state index in [-0.39, 0.29) is 6.04 Å². The number of benzene rings is 1. The van der Waals surface area contributed by atoms with E-state index >= 15 is 0 Å². The van der Waals surface area contributed by atoms with Gasteiger partial charge in [0, 0.05) is 0 Å². The van der Waals surface area contributed by atoms with Gasteiger partial charge in [-0.05, 0) is 48.5 Å². The molecule has 1 atom stereocenters. The zero-order chi connectivity index (χ0) is 13.1. The highest BCUT2D eigenvalue weighted by Crippen LogP contribution is 2.23. The van der Waals surface area contributed by atoms with Crippen LogP contribution in [0.1, 0.15) is 31.3 Å². The van der Waals surface area contributed by atoms with Gasteiger partial charge in [0.15, 0.2) is 5.82 Å². The Kier molecular flexibility index (Phi) is 3.93. The second kappa shape index (κ2) is 5.46. The van der Waals surface area contributed by atoms with Crippen molar-refractivity contribution in [2.75, 3.05) is 6.54 Å². The van der Waals surface area contributed by atoms with Crippen molar-refractivity contribution in [3.8, 4) is 5.69 Å². The molecule has 0 bridgehead atoms. The van der Waals surface area contributed by atoms with E-state index in [2.05, 4.69) is 20.8 Å². The Labute approximate surface area is 111 Å². The minimum atomic E-state index is 0.0709. The number of hydrogen-bond donors (Lipinski definition) is 1. The molecule has 5 nitrogen and oxygen atoms in total. The van der Waals surface area contributed by atoms with Crippen LogP contribution in [-0.4, -0.2) is 26.8 Å². The summed E-state index contributed by atoms with van der Waals surface area (Å²) in [5.74, 6) is 0.754. The first-order valence-electron chi connectivity index (χ1n) is 5.91. The van der Waals surface area contributed by atoms with Gasteiger partial charge in [0.1, 0.15) is 0 Å². The molecule has 1 heterocycles. The number of aromatic nitrogens is 4. The molecular formula is C12H16ClN5. The summed E-state index contributed by atoms with van der Waals surface area (Å²) in [5, 5.41) is 15.7. The molecule has 1 unspecified atom stereocenters. The average molecular weight is 266 g/mol. The fraction of sp³-hybridized carbons (Fsp3) is 0.417. The molecule has 0 spiro atoms. The molecule has 0 saturated carbocycles. The van der Waals surface area contributed by atoms with Crippen LogP contribution >= 0.6 is 11.6 Å². The molecule has 2 rings (SSSR count). The highest BCUT2D eigenvalue weighted by Gasteiger charge is 2.16. The molecule has 0 aliphatic heterocycles. The Morgan fingerprint density at radius 2 is 2.22 bits per heavy atom. The van der Waals surface area contributed by atoms with E-state index in [0.29, 0.717) is 5.02 Å². The Balaban J connectivity index is 2.45. The van der Waals surface area contributed by atoms with E-state index in [1.807, 2.05) is 39.0 Å². The SMILES string of the molecule is CCNC(C)c1nnnn1-c1cc(C)ccc1Cl. The summed E-state index contributed by atoms with van der Waals surface area (Å²) < 4.78 is 1.68. The lowest BCUT2D eigenvalue weighted by Gasteiger charge is -2.13. The van der Waals surface area contributed by atoms with E-state index in [9.17, 15) is 0 Å². The van der Waals surface area contributed by atoms with Crippen molar-refractivity contribution >= 4 is 11.6 Å². The van der Waals surface area contributed by atoms with E-state index in [1.165, 1.54) is 0 Å². The maximum Gasteiger partial charge on any atom is 0.173 e. The summed E-state index contributed by atoms with van der Waals surface area (Å²) in [6, 6.07) is 5.86. The van der Waals surface area contributed by atoms with Crippen LogP contribution in [0, 0.1) is 6.92 Å². The summed E-state index contributed by atoms with van der Waals surface area (Å²) in [6.45, 7) is 6.94. The largest absolute Gasteiger partial charge is 0.308 e. The number of tetrazole rings is 1. The van der Waals surface area contributed by atoms with Crippen LogP contribution in [0.2, 0.25) is 5.02 Å². The van der Waals surface area contributed by atoms with Crippen LogP contribution < -0.4 is 5.32 Å². The molecule has 6 heteroatoms. The third-order valence-corrected chi connectivity index (χ3v) is 3.04. The van der Waals surface area contributed by atoms with Crippen LogP contribution in [0.25, 0.3) is 5.69 Å². The van der Waals surface area contributed by atoms with Crippen LogP contribution in [-0.2, 0) is 0 Å². The molecule has 0 aliphatic carbocycles. The molecule has 0 fully saturated rings. The normalized spacial score (nSPS) is 12.7. The topological polar surface area (TPSA) is 55.6 Å². The average Bonchev–Trinajstić information content (AvgIpc) is 2.81. The van der Waals surface area contributed by atoms with Crippen molar-refractivity contribution in [2.24, 2.45) is 0 Å². The molecule has 0 amide bonds. The molecule has 0 aliphatic rings. The lowest BCUT2D eigenvalue weighted by atomic mass is 10.2. The van der Waals surface area contributed by atoms with Crippen molar-refractivity contribution in [1.29, 1.82) is 0 Å². The summed E-state index contributed by atoms with van der Waals surface area (Å²) >= 11 is 6.20. The molecule has 96 valence electrons. The van der Waals surface area contributed by atoms with Crippen LogP contribution in [0.15, 0.2) is 18.2 Å². The Morgan fingerprint density at radius 3 is 2.94 bits per heavy atom. The van der Waals surface area contributed by atoms with Gasteiger partial charge in [-0.3, -0.25) is 0 Å². The molecular weight excluding hydrogens is 250 g/mol. The first-order valence-corrected chi connectivity index (χ1v) is 6.29. The highest BCUT2D eigenvalue weighted by atomic mass is 35.5. The van der Waals surface area contributed by atoms with Crippen LogP contribution in [0.5, 0.6) is 0 Å². The molecule has 18 heavy (non-hydrogen) atoms. The van der Waals surface area contributed by atoms with Crippen molar-refractivity contribution < 1.29 is 0 Å². The van der Waals surface area contributed by atoms with Gasteiger partial charge in [0.2, 0.25) is 0 Å². The number of halogens is 1. The number of nitrogens with one attached hydrogen (secondary N) is 1. The zero-order valence-corrected chi connectivity index (χ0v) is 11.4. The molecule has 1 aromatic heterocycles. The molecule has 1 aromatic carbocycles. The summed E-state index contributed by atoms with van der Waals surface area (Å²) in [4.78, 5) is 0. The number of hydrogen-bond acceptors (Lipinski definition) is 4. The second-order valence-corrected chi connectivity index (χ2v) is 4.59. The molecule has 1 N–H and O–H groups in total. The summed E-state index contributed by atoms with van der Waals surface area (Å²) in [5.41, 5.74) is 1.92. The minimum absolute atomic E-state index is 0.0709. The quantitative estimate of drug-likeness (QED) is 0.922. The van der Waals surface area contributed by atoms with Gasteiger partial charge in [0.05, 0.1) is 16.8 Å². The van der Waals surface area contributed by atoms with Gasteiger partial charge in [-0.25, -0.2) is 0 Å². The lowest BCUT2D eigenvalue weighted by molar-refractivity contribution is 0.550. The smallest absolute Gasteiger partial charge is 0.173 e. The molecule has 2 aromatic rings. The summed E-state index contributed by atoms with van der Waals surface area (Å²) in [7, 11) is 0. The van der Waals surface area contributed by atoms with Gasteiger partial charge in [0.25, 0.3) is 0 Å². The molecule has 0 radical (unpaired) electrons. The fourth-order valence-corrected chi connectivity index (χ4v) is 2.02. The predicted molar refractivity (Wildman–Crippen MR) is 71.0 cm³/mol. The zero-order valence-electron chi connectivity index (χ0n) is 10.7. The minimum Gasteiger partial charge on any atom is -0.308 e. The van der Waals surface area contributed by atoms with Crippen LogP contribution in [0.4, 0.5) is 0 Å². The van der Waals surface area contributed by atoms with Crippen molar-refractivity contribution in [1.82, 2.24) is 25.5 Å². The van der Waals surface area contributed by atoms with Gasteiger partial charge >= 0.3 is 0 Å². The Bertz CT molecular complexity index is 537. The number of aryl methyl sites for hydroxylation is 1. The third kappa shape index (κ3) is 2.52. The maximum absolute atomic E-state index is 6.20. The highest BCUT2D eigenvalue weighted by molar-refractivity contribution is 6.32. The van der Waals surface area contributed by atoms with Crippen molar-refractivity contribution in [3.63, 3.8) is 0 Å². The van der Waals surface area contributed by atoms with E-state index in [1.54, 1.807) is 4.68 Å². The Hall–Kier alpha value is -1.46. The summed E-state index contributed by atoms with van der Waals surface area (Å²) in [6.07, 6.45) is 0. The fourth-order valence-electron chi connectivity index (χ4n) is 1.82. The van der Waals surface area contributed by atoms with E-state index < -0.39 is 0 Å². The third-order valence-electron chi connectivity index (χ3n) is 2.72. The second-order valence-electron chi connectivity index (χ2n) is 4.18. The van der Waals surface area contributed by atoms with Gasteiger partial charge in [-0.2, -0.15) is 4.68 Å². The lowest BCUT2D eigenvalue weighted by Crippen LogP contribution is -2.21. The molecule has 0 saturated heterocycles. The van der Waals surface area contributed by atoms with Crippen molar-refractivity contribution in [2.45, 2.75) is 26.8 Å². The first kappa shape index (κ1) is 13.0. The van der Waals surface area contributed by atoms with E-state index in [4.69, 9.17) is 11.6 Å². The van der Waals surface area contributed by atoms with Crippen molar-refractivity contribution in [3.05, 3.63) is 34.6 Å². The maximum atomic E-state index is 6.20. The van der Waals surface area contributed by atoms with Gasteiger partial charge in [-0.15, -0.1) is 5.10 Å². The predicted octanol–water partition coefficient (Wildman–Crippen LogP) is 2.29. The number of rotatable bonds is 4. The van der Waals surface area contributed by atoms with E-state index in [0.717, 1.165) is 23.6 Å².